The van der Waals surface area contributed by atoms with E-state index in [-0.39, 0.29) is 5.41 Å². The van der Waals surface area contributed by atoms with Crippen LogP contribution in [0, 0.1) is 5.41 Å². The highest BCUT2D eigenvalue weighted by molar-refractivity contribution is 8.04. The number of thioether (sulfide) groups is 1. The first kappa shape index (κ1) is 18.1. The molecule has 1 heterocycles. The molecule has 2 unspecified atom stereocenters. The molecule has 0 radical (unpaired) electrons. The van der Waals surface area contributed by atoms with Crippen LogP contribution >= 0.6 is 11.8 Å². The number of hydrogen-bond acceptors (Lipinski definition) is 1. The van der Waals surface area contributed by atoms with Gasteiger partial charge in [0.2, 0.25) is 0 Å². The van der Waals surface area contributed by atoms with E-state index in [0.29, 0.717) is 11.2 Å². The van der Waals surface area contributed by atoms with Crippen LogP contribution in [0.3, 0.4) is 0 Å². The van der Waals surface area contributed by atoms with Gasteiger partial charge < -0.3 is 0 Å². The molecule has 28 heavy (non-hydrogen) atoms. The predicted octanol–water partition coefficient (Wildman–Crippen LogP) is 7.75. The minimum atomic E-state index is 0.0491. The van der Waals surface area contributed by atoms with Gasteiger partial charge in [0.15, 0.2) is 0 Å². The number of allylic oxidation sites excluding steroid dienone is 9. The van der Waals surface area contributed by atoms with Crippen molar-refractivity contribution >= 4 is 17.8 Å². The van der Waals surface area contributed by atoms with Crippen molar-refractivity contribution in [3.63, 3.8) is 0 Å². The quantitative estimate of drug-likeness (QED) is 0.502. The molecule has 1 aromatic rings. The molecule has 4 aliphatic rings. The summed E-state index contributed by atoms with van der Waals surface area (Å²) < 4.78 is 0. The topological polar surface area (TPSA) is 0 Å². The molecule has 0 spiro atoms. The van der Waals surface area contributed by atoms with Crippen molar-refractivity contribution in [3.8, 4) is 0 Å². The molecular weight excluding hydrogens is 356 g/mol. The summed E-state index contributed by atoms with van der Waals surface area (Å²) in [5.74, 6) is 0.436. The van der Waals surface area contributed by atoms with Crippen molar-refractivity contribution in [1.82, 2.24) is 0 Å². The zero-order valence-corrected chi connectivity index (χ0v) is 18.5. The summed E-state index contributed by atoms with van der Waals surface area (Å²) in [7, 11) is 0. The molecule has 0 amide bonds. The Hall–Kier alpha value is -1.99. The van der Waals surface area contributed by atoms with Crippen LogP contribution in [0.2, 0.25) is 0 Å². The molecule has 142 valence electrons. The fourth-order valence-electron chi connectivity index (χ4n) is 5.87. The van der Waals surface area contributed by atoms with Gasteiger partial charge in [-0.1, -0.05) is 61.9 Å². The Balaban J connectivity index is 1.59. The molecule has 0 bridgehead atoms. The molecule has 1 heteroatoms. The first-order valence-electron chi connectivity index (χ1n) is 10.3. The molecule has 1 aromatic carbocycles. The van der Waals surface area contributed by atoms with E-state index in [1.807, 2.05) is 11.8 Å². The zero-order chi connectivity index (χ0) is 19.8. The first-order chi connectivity index (χ1) is 13.3. The van der Waals surface area contributed by atoms with Gasteiger partial charge in [0.25, 0.3) is 0 Å². The molecule has 0 aromatic heterocycles. The molecule has 5 rings (SSSR count). The molecule has 1 aliphatic heterocycles. The standard InChI is InChI=1S/C27H28S/c1-15-11-19-9-7-8-10-21(19)25(15)27(5,6)26-16(2)12-20-13-22-17(3)18(4)28-24(22)14-23(20)26/h7-14,24-25H,1-6H3. The zero-order valence-electron chi connectivity index (χ0n) is 17.7. The monoisotopic (exact) mass is 384 g/mol. The maximum atomic E-state index is 2.54. The lowest BCUT2D eigenvalue weighted by Crippen LogP contribution is -2.26. The maximum absolute atomic E-state index is 2.54. The van der Waals surface area contributed by atoms with Gasteiger partial charge in [0.05, 0.1) is 5.25 Å². The Morgan fingerprint density at radius 3 is 2.46 bits per heavy atom. The molecule has 0 fully saturated rings. The lowest BCUT2D eigenvalue weighted by molar-refractivity contribution is 0.392. The highest BCUT2D eigenvalue weighted by atomic mass is 32.2. The van der Waals surface area contributed by atoms with E-state index in [1.54, 1.807) is 0 Å². The van der Waals surface area contributed by atoms with Gasteiger partial charge in [-0.05, 0) is 83.2 Å². The van der Waals surface area contributed by atoms with Gasteiger partial charge in [0, 0.05) is 11.3 Å². The van der Waals surface area contributed by atoms with Crippen molar-refractivity contribution in [2.45, 2.75) is 52.7 Å². The number of benzene rings is 1. The summed E-state index contributed by atoms with van der Waals surface area (Å²) in [6.07, 6.45) is 9.80. The Labute approximate surface area is 173 Å². The molecule has 0 nitrogen and oxygen atoms in total. The smallest absolute Gasteiger partial charge is 0.0533 e. The minimum absolute atomic E-state index is 0.0491. The molecule has 2 atom stereocenters. The largest absolute Gasteiger partial charge is 0.118 e. The number of hydrogen-bond donors (Lipinski definition) is 0. The van der Waals surface area contributed by atoms with Crippen molar-refractivity contribution in [1.29, 1.82) is 0 Å². The highest BCUT2D eigenvalue weighted by Gasteiger charge is 2.43. The van der Waals surface area contributed by atoms with E-state index in [1.165, 1.54) is 55.0 Å². The van der Waals surface area contributed by atoms with Gasteiger partial charge in [0.1, 0.15) is 0 Å². The lowest BCUT2D eigenvalue weighted by Gasteiger charge is -2.38. The van der Waals surface area contributed by atoms with Gasteiger partial charge >= 0.3 is 0 Å². The van der Waals surface area contributed by atoms with Crippen molar-refractivity contribution in [2.75, 3.05) is 0 Å². The Bertz CT molecular complexity index is 1090. The Kier molecular flexibility index (Phi) is 3.87. The van der Waals surface area contributed by atoms with Gasteiger partial charge in [-0.3, -0.25) is 0 Å². The van der Waals surface area contributed by atoms with Gasteiger partial charge in [-0.15, -0.1) is 11.8 Å². The normalized spacial score (nSPS) is 25.9. The third kappa shape index (κ3) is 2.38. The van der Waals surface area contributed by atoms with Gasteiger partial charge in [-0.2, -0.15) is 0 Å². The lowest BCUT2D eigenvalue weighted by atomic mass is 9.65. The summed E-state index contributed by atoms with van der Waals surface area (Å²) in [6.45, 7) is 14.0. The van der Waals surface area contributed by atoms with Crippen LogP contribution in [-0.4, -0.2) is 5.25 Å². The van der Waals surface area contributed by atoms with Crippen LogP contribution < -0.4 is 0 Å². The van der Waals surface area contributed by atoms with Crippen molar-refractivity contribution in [2.24, 2.45) is 5.41 Å². The van der Waals surface area contributed by atoms with Crippen LogP contribution in [-0.2, 0) is 0 Å². The van der Waals surface area contributed by atoms with Crippen LogP contribution in [0.4, 0.5) is 0 Å². The van der Waals surface area contributed by atoms with E-state index >= 15 is 0 Å². The van der Waals surface area contributed by atoms with E-state index in [0.717, 1.165) is 0 Å². The van der Waals surface area contributed by atoms with Gasteiger partial charge in [-0.25, -0.2) is 0 Å². The van der Waals surface area contributed by atoms with Crippen LogP contribution in [0.15, 0.2) is 86.4 Å². The molecule has 0 saturated heterocycles. The molecular formula is C27H28S. The Morgan fingerprint density at radius 1 is 0.929 bits per heavy atom. The minimum Gasteiger partial charge on any atom is -0.118 e. The summed E-state index contributed by atoms with van der Waals surface area (Å²) >= 11 is 2.02. The Morgan fingerprint density at radius 2 is 1.68 bits per heavy atom. The number of fused-ring (bicyclic) bond motifs is 3. The van der Waals surface area contributed by atoms with E-state index < -0.39 is 0 Å². The summed E-state index contributed by atoms with van der Waals surface area (Å²) in [6, 6.07) is 8.93. The van der Waals surface area contributed by atoms with Crippen LogP contribution in [0.25, 0.3) is 6.08 Å². The van der Waals surface area contributed by atoms with Crippen LogP contribution in [0.5, 0.6) is 0 Å². The summed E-state index contributed by atoms with van der Waals surface area (Å²) in [5.41, 5.74) is 13.2. The second kappa shape index (κ2) is 6.00. The average Bonchev–Trinajstić information content (AvgIpc) is 3.23. The predicted molar refractivity (Wildman–Crippen MR) is 123 cm³/mol. The molecule has 0 N–H and O–H groups in total. The second-order valence-corrected chi connectivity index (χ2v) is 10.6. The fourth-order valence-corrected chi connectivity index (χ4v) is 7.12. The first-order valence-corrected chi connectivity index (χ1v) is 11.2. The fraction of sp³-hybridized carbons (Fsp3) is 0.333. The SMILES string of the molecule is CC1=Cc2ccccc2C1C(C)(C)C1=C(C)C=C2C=C3C(C)=C(C)SC3C=C21. The van der Waals surface area contributed by atoms with Crippen molar-refractivity contribution < 1.29 is 0 Å². The number of rotatable bonds is 2. The molecule has 0 saturated carbocycles. The van der Waals surface area contributed by atoms with E-state index in [2.05, 4.69) is 90.1 Å². The van der Waals surface area contributed by atoms with Crippen molar-refractivity contribution in [3.05, 3.63) is 97.5 Å². The third-order valence-corrected chi connectivity index (χ3v) is 8.36. The third-order valence-electron chi connectivity index (χ3n) is 7.06. The van der Waals surface area contributed by atoms with E-state index in [4.69, 9.17) is 0 Å². The highest BCUT2D eigenvalue weighted by Crippen LogP contribution is 2.57. The average molecular weight is 385 g/mol. The summed E-state index contributed by atoms with van der Waals surface area (Å²) in [5, 5.41) is 0.483. The second-order valence-electron chi connectivity index (χ2n) is 9.23. The summed E-state index contributed by atoms with van der Waals surface area (Å²) in [4.78, 5) is 1.47. The van der Waals surface area contributed by atoms with E-state index in [9.17, 15) is 0 Å². The molecule has 3 aliphatic carbocycles. The maximum Gasteiger partial charge on any atom is 0.0533 e. The van der Waals surface area contributed by atoms with Crippen LogP contribution in [0.1, 0.15) is 58.6 Å².